The summed E-state index contributed by atoms with van der Waals surface area (Å²) in [5.74, 6) is 0.476. The van der Waals surface area contributed by atoms with Gasteiger partial charge in [-0.2, -0.15) is 5.10 Å². The van der Waals surface area contributed by atoms with E-state index in [9.17, 15) is 8.42 Å². The van der Waals surface area contributed by atoms with Gasteiger partial charge in [-0.1, -0.05) is 0 Å². The van der Waals surface area contributed by atoms with E-state index in [-0.39, 0.29) is 11.4 Å². The van der Waals surface area contributed by atoms with Gasteiger partial charge in [-0.25, -0.2) is 18.1 Å². The topological polar surface area (TPSA) is 99.8 Å². The second-order valence-corrected chi connectivity index (χ2v) is 6.30. The van der Waals surface area contributed by atoms with Crippen LogP contribution in [0.2, 0.25) is 0 Å². The lowest BCUT2D eigenvalue weighted by molar-refractivity contribution is 0.579. The third kappa shape index (κ3) is 3.13. The first kappa shape index (κ1) is 13.1. The summed E-state index contributed by atoms with van der Waals surface area (Å²) in [5.41, 5.74) is 0. The molecule has 0 aliphatic heterocycles. The van der Waals surface area contributed by atoms with Gasteiger partial charge >= 0.3 is 0 Å². The van der Waals surface area contributed by atoms with Crippen LogP contribution >= 0.6 is 11.3 Å². The van der Waals surface area contributed by atoms with Gasteiger partial charge in [0.2, 0.25) is 10.0 Å². The van der Waals surface area contributed by atoms with Gasteiger partial charge in [0, 0.05) is 16.8 Å². The number of nitrogens with zero attached hydrogens (tertiary/aromatic N) is 2. The van der Waals surface area contributed by atoms with Gasteiger partial charge in [-0.3, -0.25) is 5.10 Å². The fraction of sp³-hybridized carbons (Fsp3) is 0.333. The van der Waals surface area contributed by atoms with Crippen LogP contribution in [0.5, 0.6) is 0 Å². The van der Waals surface area contributed by atoms with E-state index >= 15 is 0 Å². The molecule has 7 nitrogen and oxygen atoms in total. The van der Waals surface area contributed by atoms with Crippen LogP contribution < -0.4 is 10.0 Å². The Morgan fingerprint density at radius 2 is 2.28 bits per heavy atom. The van der Waals surface area contributed by atoms with E-state index in [1.807, 2.05) is 7.05 Å². The SMILES string of the molecule is CNCc1cc(S(=O)(=O)NCc2ncn[nH]2)cs1. The smallest absolute Gasteiger partial charge is 0.241 e. The first-order chi connectivity index (χ1) is 8.62. The molecule has 9 heteroatoms. The van der Waals surface area contributed by atoms with Gasteiger partial charge in [-0.05, 0) is 13.1 Å². The summed E-state index contributed by atoms with van der Waals surface area (Å²) < 4.78 is 26.4. The molecule has 0 bridgehead atoms. The molecule has 0 fully saturated rings. The maximum atomic E-state index is 12.0. The Bertz CT molecular complexity index is 590. The van der Waals surface area contributed by atoms with Crippen molar-refractivity contribution in [3.8, 4) is 0 Å². The lowest BCUT2D eigenvalue weighted by Gasteiger charge is -2.02. The highest BCUT2D eigenvalue weighted by Gasteiger charge is 2.16. The molecular formula is C9H13N5O2S2. The standard InChI is InChI=1S/C9H13N5O2S2/c1-10-3-7-2-8(5-17-7)18(15,16)13-4-9-11-6-12-14-9/h2,5-6,10,13H,3-4H2,1H3,(H,11,12,14). The van der Waals surface area contributed by atoms with Gasteiger partial charge in [0.05, 0.1) is 11.4 Å². The number of hydrogen-bond donors (Lipinski definition) is 3. The van der Waals surface area contributed by atoms with E-state index in [0.29, 0.717) is 12.4 Å². The second kappa shape index (κ2) is 5.57. The minimum absolute atomic E-state index is 0.0968. The summed E-state index contributed by atoms with van der Waals surface area (Å²) in [5, 5.41) is 10.8. The molecule has 0 saturated carbocycles. The van der Waals surface area contributed by atoms with Crippen LogP contribution in [0.1, 0.15) is 10.7 Å². The molecule has 2 heterocycles. The van der Waals surface area contributed by atoms with Gasteiger partial charge in [0.25, 0.3) is 0 Å². The van der Waals surface area contributed by atoms with Crippen molar-refractivity contribution in [2.45, 2.75) is 18.0 Å². The van der Waals surface area contributed by atoms with Crippen molar-refractivity contribution in [1.82, 2.24) is 25.2 Å². The fourth-order valence-corrected chi connectivity index (χ4v) is 3.61. The number of thiophene rings is 1. The van der Waals surface area contributed by atoms with Gasteiger partial charge in [0.15, 0.2) is 0 Å². The van der Waals surface area contributed by atoms with Gasteiger partial charge in [-0.15, -0.1) is 11.3 Å². The van der Waals surface area contributed by atoms with Crippen molar-refractivity contribution in [3.05, 3.63) is 28.5 Å². The Hall–Kier alpha value is -1.29. The largest absolute Gasteiger partial charge is 0.315 e. The molecule has 0 amide bonds. The molecule has 0 aliphatic rings. The molecule has 0 aromatic carbocycles. The number of aromatic nitrogens is 3. The Labute approximate surface area is 109 Å². The average molecular weight is 287 g/mol. The van der Waals surface area contributed by atoms with Crippen LogP contribution in [0, 0.1) is 0 Å². The molecule has 0 aliphatic carbocycles. The third-order valence-electron chi connectivity index (χ3n) is 2.19. The summed E-state index contributed by atoms with van der Waals surface area (Å²) in [7, 11) is -1.67. The van der Waals surface area contributed by atoms with Crippen molar-refractivity contribution in [2.24, 2.45) is 0 Å². The molecule has 2 rings (SSSR count). The molecule has 0 atom stereocenters. The quantitative estimate of drug-likeness (QED) is 0.698. The van der Waals surface area contributed by atoms with Crippen molar-refractivity contribution in [2.75, 3.05) is 7.05 Å². The predicted molar refractivity (Wildman–Crippen MR) is 67.5 cm³/mol. The third-order valence-corrected chi connectivity index (χ3v) is 4.65. The highest BCUT2D eigenvalue weighted by molar-refractivity contribution is 7.89. The summed E-state index contributed by atoms with van der Waals surface area (Å²) in [6, 6.07) is 1.66. The molecule has 18 heavy (non-hydrogen) atoms. The lowest BCUT2D eigenvalue weighted by Crippen LogP contribution is -2.23. The van der Waals surface area contributed by atoms with Crippen LogP contribution in [0.3, 0.4) is 0 Å². The number of aromatic amines is 1. The summed E-state index contributed by atoms with van der Waals surface area (Å²) in [4.78, 5) is 5.09. The molecular weight excluding hydrogens is 274 g/mol. The number of hydrogen-bond acceptors (Lipinski definition) is 6. The molecule has 0 radical (unpaired) electrons. The fourth-order valence-electron chi connectivity index (χ4n) is 1.33. The Morgan fingerprint density at radius 3 is 2.94 bits per heavy atom. The van der Waals surface area contributed by atoms with Crippen LogP contribution in [-0.4, -0.2) is 30.6 Å². The molecule has 2 aromatic heterocycles. The van der Waals surface area contributed by atoms with Crippen molar-refractivity contribution < 1.29 is 8.42 Å². The lowest BCUT2D eigenvalue weighted by atomic mass is 10.5. The zero-order valence-corrected chi connectivity index (χ0v) is 11.3. The Kier molecular flexibility index (Phi) is 4.07. The highest BCUT2D eigenvalue weighted by atomic mass is 32.2. The van der Waals surface area contributed by atoms with Crippen LogP contribution in [0.25, 0.3) is 0 Å². The van der Waals surface area contributed by atoms with Crippen molar-refractivity contribution in [1.29, 1.82) is 0 Å². The zero-order valence-electron chi connectivity index (χ0n) is 9.67. The number of rotatable bonds is 6. The number of sulfonamides is 1. The van der Waals surface area contributed by atoms with Crippen molar-refractivity contribution >= 4 is 21.4 Å². The molecule has 2 aromatic rings. The van der Waals surface area contributed by atoms with Crippen LogP contribution in [0.4, 0.5) is 0 Å². The second-order valence-electron chi connectivity index (χ2n) is 3.54. The number of H-pyrrole nitrogens is 1. The monoisotopic (exact) mass is 287 g/mol. The van der Waals surface area contributed by atoms with Crippen LogP contribution in [0.15, 0.2) is 22.7 Å². The molecule has 3 N–H and O–H groups in total. The molecule has 0 unspecified atom stereocenters. The van der Waals surface area contributed by atoms with E-state index in [1.165, 1.54) is 17.7 Å². The normalized spacial score (nSPS) is 11.8. The Morgan fingerprint density at radius 1 is 1.44 bits per heavy atom. The van der Waals surface area contributed by atoms with E-state index in [2.05, 4.69) is 25.2 Å². The van der Waals surface area contributed by atoms with Gasteiger partial charge < -0.3 is 5.32 Å². The summed E-state index contributed by atoms with van der Waals surface area (Å²) in [6.07, 6.45) is 1.33. The average Bonchev–Trinajstić information content (AvgIpc) is 2.98. The van der Waals surface area contributed by atoms with Gasteiger partial charge in [0.1, 0.15) is 12.2 Å². The van der Waals surface area contributed by atoms with Crippen molar-refractivity contribution in [3.63, 3.8) is 0 Å². The maximum absolute atomic E-state index is 12.0. The summed E-state index contributed by atoms with van der Waals surface area (Å²) >= 11 is 1.41. The molecule has 0 spiro atoms. The minimum Gasteiger partial charge on any atom is -0.315 e. The summed E-state index contributed by atoms with van der Waals surface area (Å²) in [6.45, 7) is 0.752. The first-order valence-corrected chi connectivity index (χ1v) is 7.54. The predicted octanol–water partition coefficient (Wildman–Crippen LogP) is 0.0641. The first-order valence-electron chi connectivity index (χ1n) is 5.18. The molecule has 98 valence electrons. The van der Waals surface area contributed by atoms with E-state index in [4.69, 9.17) is 0 Å². The highest BCUT2D eigenvalue weighted by Crippen LogP contribution is 2.19. The minimum atomic E-state index is -3.49. The maximum Gasteiger partial charge on any atom is 0.241 e. The van der Waals surface area contributed by atoms with Crippen LogP contribution in [-0.2, 0) is 23.1 Å². The zero-order chi connectivity index (χ0) is 13.0. The van der Waals surface area contributed by atoms with E-state index in [1.54, 1.807) is 11.4 Å². The Balaban J connectivity index is 2.05. The van der Waals surface area contributed by atoms with E-state index < -0.39 is 10.0 Å². The van der Waals surface area contributed by atoms with E-state index in [0.717, 1.165) is 4.88 Å². The molecule has 0 saturated heterocycles. The number of nitrogens with one attached hydrogen (secondary N) is 3.